The molecule has 0 unspecified atom stereocenters. The van der Waals surface area contributed by atoms with Crippen molar-refractivity contribution in [3.63, 3.8) is 0 Å². The average molecular weight is 240 g/mol. The Morgan fingerprint density at radius 3 is 3.00 bits per heavy atom. The van der Waals surface area contributed by atoms with Gasteiger partial charge in [0.15, 0.2) is 0 Å². The number of nitrogens with zero attached hydrogens (tertiary/aromatic N) is 1. The summed E-state index contributed by atoms with van der Waals surface area (Å²) in [6.45, 7) is 0.608. The van der Waals surface area contributed by atoms with Crippen molar-refractivity contribution in [2.24, 2.45) is 5.73 Å². The number of aromatic nitrogens is 1. The van der Waals surface area contributed by atoms with Gasteiger partial charge in [0, 0.05) is 29.2 Å². The Morgan fingerprint density at radius 1 is 1.24 bits per heavy atom. The molecule has 0 aliphatic rings. The lowest BCUT2D eigenvalue weighted by Crippen LogP contribution is -1.91. The zero-order valence-electron chi connectivity index (χ0n) is 9.26. The molecule has 0 aliphatic carbocycles. The van der Waals surface area contributed by atoms with Gasteiger partial charge in [-0.1, -0.05) is 18.2 Å². The first-order valence-corrected chi connectivity index (χ1v) is 6.37. The number of benzene rings is 1. The molecule has 84 valence electrons. The van der Waals surface area contributed by atoms with Crippen LogP contribution in [0, 0.1) is 0 Å². The third kappa shape index (κ3) is 1.84. The van der Waals surface area contributed by atoms with Crippen molar-refractivity contribution < 1.29 is 0 Å². The highest BCUT2D eigenvalue weighted by Crippen LogP contribution is 2.31. The van der Waals surface area contributed by atoms with Gasteiger partial charge in [0.2, 0.25) is 0 Å². The van der Waals surface area contributed by atoms with Crippen molar-refractivity contribution in [3.8, 4) is 11.1 Å². The van der Waals surface area contributed by atoms with E-state index in [1.54, 1.807) is 11.3 Å². The highest BCUT2D eigenvalue weighted by Gasteiger charge is 2.05. The molecule has 0 atom stereocenters. The van der Waals surface area contributed by atoms with Gasteiger partial charge in [-0.15, -0.1) is 11.3 Å². The number of hydrogen-bond donors (Lipinski definition) is 1. The van der Waals surface area contributed by atoms with Gasteiger partial charge in [-0.2, -0.15) is 0 Å². The second-order valence-electron chi connectivity index (χ2n) is 3.91. The first-order valence-electron chi connectivity index (χ1n) is 5.49. The predicted octanol–water partition coefficient (Wildman–Crippen LogP) is 3.42. The number of rotatable bonds is 2. The Morgan fingerprint density at radius 2 is 2.18 bits per heavy atom. The Bertz CT molecular complexity index is 653. The molecule has 2 aromatic heterocycles. The van der Waals surface area contributed by atoms with Crippen LogP contribution in [-0.2, 0) is 6.54 Å². The molecule has 3 aromatic rings. The van der Waals surface area contributed by atoms with Gasteiger partial charge in [-0.05, 0) is 34.0 Å². The minimum atomic E-state index is 0.608. The first-order chi connectivity index (χ1) is 8.38. The molecule has 0 fully saturated rings. The van der Waals surface area contributed by atoms with Crippen LogP contribution in [0.1, 0.15) is 4.88 Å². The summed E-state index contributed by atoms with van der Waals surface area (Å²) >= 11 is 1.71. The van der Waals surface area contributed by atoms with Crippen molar-refractivity contribution in [2.75, 3.05) is 0 Å². The maximum atomic E-state index is 5.65. The lowest BCUT2D eigenvalue weighted by molar-refractivity contribution is 1.11. The number of pyridine rings is 1. The van der Waals surface area contributed by atoms with Crippen molar-refractivity contribution in [1.82, 2.24) is 4.98 Å². The molecule has 1 aromatic carbocycles. The van der Waals surface area contributed by atoms with Crippen molar-refractivity contribution in [3.05, 3.63) is 53.0 Å². The van der Waals surface area contributed by atoms with Gasteiger partial charge in [0.1, 0.15) is 0 Å². The third-order valence-electron chi connectivity index (χ3n) is 2.85. The summed E-state index contributed by atoms with van der Waals surface area (Å²) in [4.78, 5) is 5.37. The molecule has 3 heteroatoms. The van der Waals surface area contributed by atoms with Crippen LogP contribution in [0.15, 0.2) is 48.1 Å². The van der Waals surface area contributed by atoms with Gasteiger partial charge in [-0.3, -0.25) is 4.98 Å². The minimum Gasteiger partial charge on any atom is -0.326 e. The molecular weight excluding hydrogens is 228 g/mol. The van der Waals surface area contributed by atoms with E-state index in [4.69, 9.17) is 5.73 Å². The Balaban J connectivity index is 2.23. The molecule has 0 saturated carbocycles. The molecule has 0 saturated heterocycles. The van der Waals surface area contributed by atoms with E-state index in [9.17, 15) is 0 Å². The van der Waals surface area contributed by atoms with Gasteiger partial charge >= 0.3 is 0 Å². The zero-order chi connectivity index (χ0) is 11.7. The molecule has 2 N–H and O–H groups in total. The highest BCUT2D eigenvalue weighted by atomic mass is 32.1. The smallest absolute Gasteiger partial charge is 0.0346 e. The fourth-order valence-electron chi connectivity index (χ4n) is 2.00. The van der Waals surface area contributed by atoms with Crippen LogP contribution >= 0.6 is 11.3 Å². The molecule has 0 aliphatic heterocycles. The van der Waals surface area contributed by atoms with Crippen LogP contribution in [0.2, 0.25) is 0 Å². The van der Waals surface area contributed by atoms with E-state index >= 15 is 0 Å². The van der Waals surface area contributed by atoms with Crippen LogP contribution in [0.4, 0.5) is 0 Å². The molecule has 2 nitrogen and oxygen atoms in total. The van der Waals surface area contributed by atoms with Crippen LogP contribution in [0.25, 0.3) is 21.9 Å². The van der Waals surface area contributed by atoms with Gasteiger partial charge in [0.05, 0.1) is 0 Å². The van der Waals surface area contributed by atoms with Crippen LogP contribution in [0.3, 0.4) is 0 Å². The second-order valence-corrected chi connectivity index (χ2v) is 4.90. The van der Waals surface area contributed by atoms with Crippen molar-refractivity contribution in [2.45, 2.75) is 6.54 Å². The van der Waals surface area contributed by atoms with Gasteiger partial charge in [-0.25, -0.2) is 0 Å². The van der Waals surface area contributed by atoms with E-state index in [1.807, 2.05) is 12.4 Å². The van der Waals surface area contributed by atoms with Gasteiger partial charge in [0.25, 0.3) is 0 Å². The fourth-order valence-corrected chi connectivity index (χ4v) is 2.77. The molecule has 3 rings (SSSR count). The fraction of sp³-hybridized carbons (Fsp3) is 0.0714. The largest absolute Gasteiger partial charge is 0.326 e. The van der Waals surface area contributed by atoms with E-state index in [2.05, 4.69) is 40.7 Å². The standard InChI is InChI=1S/C14H12N2S/c15-7-12-6-11(9-17-12)13-3-1-2-10-8-16-5-4-14(10)13/h1-6,8-9H,7,15H2. The molecular formula is C14H12N2S. The van der Waals surface area contributed by atoms with Crippen molar-refractivity contribution in [1.29, 1.82) is 0 Å². The summed E-state index contributed by atoms with van der Waals surface area (Å²) in [5.74, 6) is 0. The van der Waals surface area contributed by atoms with E-state index in [0.29, 0.717) is 6.54 Å². The summed E-state index contributed by atoms with van der Waals surface area (Å²) in [5.41, 5.74) is 8.15. The van der Waals surface area contributed by atoms with Crippen LogP contribution in [-0.4, -0.2) is 4.98 Å². The monoisotopic (exact) mass is 240 g/mol. The Hall–Kier alpha value is -1.71. The highest BCUT2D eigenvalue weighted by molar-refractivity contribution is 7.10. The molecule has 2 heterocycles. The molecule has 0 radical (unpaired) electrons. The number of thiophene rings is 1. The van der Waals surface area contributed by atoms with Crippen LogP contribution in [0.5, 0.6) is 0 Å². The SMILES string of the molecule is NCc1cc(-c2cccc3cnccc23)cs1. The lowest BCUT2D eigenvalue weighted by Gasteiger charge is -2.03. The summed E-state index contributed by atoms with van der Waals surface area (Å²) in [6, 6.07) is 10.5. The number of fused-ring (bicyclic) bond motifs is 1. The Labute approximate surface area is 104 Å². The maximum Gasteiger partial charge on any atom is 0.0346 e. The number of hydrogen-bond acceptors (Lipinski definition) is 3. The minimum absolute atomic E-state index is 0.608. The van der Waals surface area contributed by atoms with E-state index < -0.39 is 0 Å². The first kappa shape index (κ1) is 10.4. The third-order valence-corrected chi connectivity index (χ3v) is 3.81. The maximum absolute atomic E-state index is 5.65. The summed E-state index contributed by atoms with van der Waals surface area (Å²) in [6.07, 6.45) is 3.73. The quantitative estimate of drug-likeness (QED) is 0.745. The van der Waals surface area contributed by atoms with Crippen LogP contribution < -0.4 is 5.73 Å². The lowest BCUT2D eigenvalue weighted by atomic mass is 10.0. The van der Waals surface area contributed by atoms with E-state index in [1.165, 1.54) is 26.8 Å². The van der Waals surface area contributed by atoms with Crippen molar-refractivity contribution >= 4 is 22.1 Å². The second kappa shape index (κ2) is 4.28. The summed E-state index contributed by atoms with van der Waals surface area (Å²) in [7, 11) is 0. The summed E-state index contributed by atoms with van der Waals surface area (Å²) < 4.78 is 0. The molecule has 0 amide bonds. The van der Waals surface area contributed by atoms with Gasteiger partial charge < -0.3 is 5.73 Å². The molecule has 0 spiro atoms. The number of nitrogens with two attached hydrogens (primary N) is 1. The Kier molecular flexibility index (Phi) is 2.63. The normalized spacial score (nSPS) is 10.9. The molecule has 0 bridgehead atoms. The predicted molar refractivity (Wildman–Crippen MR) is 72.9 cm³/mol. The summed E-state index contributed by atoms with van der Waals surface area (Å²) in [5, 5.41) is 4.58. The van der Waals surface area contributed by atoms with E-state index in [-0.39, 0.29) is 0 Å². The zero-order valence-corrected chi connectivity index (χ0v) is 10.1. The molecule has 17 heavy (non-hydrogen) atoms. The van der Waals surface area contributed by atoms with E-state index in [0.717, 1.165) is 0 Å². The topological polar surface area (TPSA) is 38.9 Å². The average Bonchev–Trinajstić information content (AvgIpc) is 2.87.